The molecule has 1 fully saturated rings. The Bertz CT molecular complexity index is 1030. The largest absolute Gasteiger partial charge is 0.365 e. The quantitative estimate of drug-likeness (QED) is 0.705. The van der Waals surface area contributed by atoms with Crippen LogP contribution in [-0.4, -0.2) is 16.5 Å². The highest BCUT2D eigenvalue weighted by molar-refractivity contribution is 8.16. The van der Waals surface area contributed by atoms with Gasteiger partial charge >= 0.3 is 0 Å². The van der Waals surface area contributed by atoms with Gasteiger partial charge in [0.1, 0.15) is 0 Å². The molecule has 1 N–H and O–H groups in total. The van der Waals surface area contributed by atoms with Crippen LogP contribution >= 0.6 is 11.8 Å². The molecule has 0 radical (unpaired) electrons. The number of nitrogens with zero attached hydrogens (tertiary/aromatic N) is 1. The van der Waals surface area contributed by atoms with Crippen LogP contribution in [0.2, 0.25) is 0 Å². The SMILES string of the molecule is Cc1ccc(NC2SC(=O)N(c3cccc4ccccc34)C2=O)c(C)c1. The van der Waals surface area contributed by atoms with E-state index in [1.165, 1.54) is 4.90 Å². The smallest absolute Gasteiger partial charge is 0.295 e. The van der Waals surface area contributed by atoms with Crippen molar-refractivity contribution >= 4 is 45.1 Å². The number of hydrogen-bond acceptors (Lipinski definition) is 4. The van der Waals surface area contributed by atoms with Crippen molar-refractivity contribution in [3.05, 3.63) is 71.8 Å². The van der Waals surface area contributed by atoms with Crippen LogP contribution in [-0.2, 0) is 4.79 Å². The highest BCUT2D eigenvalue weighted by Gasteiger charge is 2.41. The van der Waals surface area contributed by atoms with Crippen molar-refractivity contribution in [3.8, 4) is 0 Å². The molecule has 1 heterocycles. The topological polar surface area (TPSA) is 49.4 Å². The maximum atomic E-state index is 13.0. The fourth-order valence-electron chi connectivity index (χ4n) is 3.24. The van der Waals surface area contributed by atoms with Gasteiger partial charge < -0.3 is 5.32 Å². The van der Waals surface area contributed by atoms with Gasteiger partial charge in [0, 0.05) is 11.1 Å². The molecule has 0 spiro atoms. The lowest BCUT2D eigenvalue weighted by Crippen LogP contribution is -2.34. The predicted octanol–water partition coefficient (Wildman–Crippen LogP) is 5.09. The number of nitrogens with one attached hydrogen (secondary N) is 1. The average Bonchev–Trinajstić information content (AvgIpc) is 2.90. The van der Waals surface area contributed by atoms with Gasteiger partial charge in [-0.05, 0) is 48.7 Å². The molecule has 130 valence electrons. The Morgan fingerprint density at radius 1 is 0.962 bits per heavy atom. The summed E-state index contributed by atoms with van der Waals surface area (Å²) >= 11 is 1.02. The molecule has 1 aliphatic heterocycles. The lowest BCUT2D eigenvalue weighted by Gasteiger charge is -2.17. The van der Waals surface area contributed by atoms with Gasteiger partial charge in [0.05, 0.1) is 5.69 Å². The zero-order valence-electron chi connectivity index (χ0n) is 14.5. The molecule has 1 unspecified atom stereocenters. The molecule has 1 saturated heterocycles. The van der Waals surface area contributed by atoms with E-state index in [1.807, 2.05) is 68.4 Å². The summed E-state index contributed by atoms with van der Waals surface area (Å²) in [5.41, 5.74) is 3.71. The van der Waals surface area contributed by atoms with Crippen LogP contribution in [0.1, 0.15) is 11.1 Å². The summed E-state index contributed by atoms with van der Waals surface area (Å²) in [5.74, 6) is -0.240. The lowest BCUT2D eigenvalue weighted by molar-refractivity contribution is -0.116. The van der Waals surface area contributed by atoms with E-state index in [-0.39, 0.29) is 11.1 Å². The second-order valence-electron chi connectivity index (χ2n) is 6.40. The summed E-state index contributed by atoms with van der Waals surface area (Å²) in [6.07, 6.45) is 0. The van der Waals surface area contributed by atoms with Gasteiger partial charge in [-0.15, -0.1) is 0 Å². The van der Waals surface area contributed by atoms with Crippen LogP contribution in [0.15, 0.2) is 60.7 Å². The number of fused-ring (bicyclic) bond motifs is 1. The fourth-order valence-corrected chi connectivity index (χ4v) is 4.13. The van der Waals surface area contributed by atoms with Gasteiger partial charge in [0.15, 0.2) is 5.37 Å². The maximum Gasteiger partial charge on any atom is 0.295 e. The van der Waals surface area contributed by atoms with Gasteiger partial charge in [-0.25, -0.2) is 4.90 Å². The molecule has 4 nitrogen and oxygen atoms in total. The third-order valence-electron chi connectivity index (χ3n) is 4.52. The number of thioether (sulfide) groups is 1. The summed E-state index contributed by atoms with van der Waals surface area (Å²) in [4.78, 5) is 26.8. The van der Waals surface area contributed by atoms with Crippen LogP contribution in [0.3, 0.4) is 0 Å². The summed E-state index contributed by atoms with van der Waals surface area (Å²) < 4.78 is 0. The Balaban J connectivity index is 1.67. The Hall–Kier alpha value is -2.79. The van der Waals surface area contributed by atoms with E-state index in [0.717, 1.165) is 39.3 Å². The number of carbonyl (C=O) groups excluding carboxylic acids is 2. The fraction of sp³-hybridized carbons (Fsp3) is 0.143. The van der Waals surface area contributed by atoms with Gasteiger partial charge in [-0.3, -0.25) is 9.59 Å². The summed E-state index contributed by atoms with van der Waals surface area (Å²) in [5, 5.41) is 4.23. The van der Waals surface area contributed by atoms with E-state index >= 15 is 0 Å². The van der Waals surface area contributed by atoms with Crippen LogP contribution in [0.25, 0.3) is 10.8 Å². The lowest BCUT2D eigenvalue weighted by atomic mass is 10.1. The van der Waals surface area contributed by atoms with Crippen molar-refractivity contribution in [1.29, 1.82) is 0 Å². The van der Waals surface area contributed by atoms with E-state index in [9.17, 15) is 9.59 Å². The number of rotatable bonds is 3. The van der Waals surface area contributed by atoms with Gasteiger partial charge in [0.25, 0.3) is 11.1 Å². The summed E-state index contributed by atoms with van der Waals surface area (Å²) in [7, 11) is 0. The predicted molar refractivity (Wildman–Crippen MR) is 108 cm³/mol. The number of aryl methyl sites for hydroxylation is 2. The van der Waals surface area contributed by atoms with Crippen molar-refractivity contribution in [2.24, 2.45) is 0 Å². The van der Waals surface area contributed by atoms with E-state index < -0.39 is 5.37 Å². The van der Waals surface area contributed by atoms with E-state index in [1.54, 1.807) is 0 Å². The third-order valence-corrected chi connectivity index (χ3v) is 5.46. The molecule has 4 rings (SSSR count). The monoisotopic (exact) mass is 362 g/mol. The molecule has 0 saturated carbocycles. The first-order chi connectivity index (χ1) is 12.5. The molecular weight excluding hydrogens is 344 g/mol. The maximum absolute atomic E-state index is 13.0. The molecule has 3 aromatic rings. The zero-order chi connectivity index (χ0) is 18.3. The second kappa shape index (κ2) is 6.50. The summed E-state index contributed by atoms with van der Waals surface area (Å²) in [6.45, 7) is 4.02. The standard InChI is InChI=1S/C21H18N2O2S/c1-13-10-11-17(14(2)12-13)22-19-20(24)23(21(25)26-19)18-9-5-7-15-6-3-4-8-16(15)18/h3-12,19,22H,1-2H3. The van der Waals surface area contributed by atoms with E-state index in [2.05, 4.69) is 11.4 Å². The molecular formula is C21H18N2O2S. The highest BCUT2D eigenvalue weighted by Crippen LogP contribution is 2.36. The van der Waals surface area contributed by atoms with Crippen molar-refractivity contribution < 1.29 is 9.59 Å². The minimum atomic E-state index is -0.622. The van der Waals surface area contributed by atoms with Crippen molar-refractivity contribution in [2.45, 2.75) is 19.2 Å². The molecule has 0 bridgehead atoms. The number of benzene rings is 3. The Morgan fingerprint density at radius 3 is 2.54 bits per heavy atom. The Morgan fingerprint density at radius 2 is 1.73 bits per heavy atom. The van der Waals surface area contributed by atoms with Crippen molar-refractivity contribution in [3.63, 3.8) is 0 Å². The minimum absolute atomic E-state index is 0.240. The Kier molecular flexibility index (Phi) is 4.17. The van der Waals surface area contributed by atoms with Crippen LogP contribution in [0.5, 0.6) is 0 Å². The summed E-state index contributed by atoms with van der Waals surface area (Å²) in [6, 6.07) is 19.4. The van der Waals surface area contributed by atoms with Crippen LogP contribution < -0.4 is 10.2 Å². The van der Waals surface area contributed by atoms with Crippen LogP contribution in [0, 0.1) is 13.8 Å². The zero-order valence-corrected chi connectivity index (χ0v) is 15.3. The van der Waals surface area contributed by atoms with Crippen LogP contribution in [0.4, 0.5) is 16.2 Å². The molecule has 1 aliphatic rings. The van der Waals surface area contributed by atoms with E-state index in [0.29, 0.717) is 5.69 Å². The normalized spacial score (nSPS) is 17.2. The first kappa shape index (κ1) is 16.7. The number of imide groups is 1. The Labute approximate surface area is 156 Å². The molecule has 26 heavy (non-hydrogen) atoms. The molecule has 0 aliphatic carbocycles. The molecule has 1 atom stereocenters. The van der Waals surface area contributed by atoms with Crippen molar-refractivity contribution in [1.82, 2.24) is 0 Å². The number of amides is 2. The van der Waals surface area contributed by atoms with Gasteiger partial charge in [-0.2, -0.15) is 0 Å². The van der Waals surface area contributed by atoms with Crippen molar-refractivity contribution in [2.75, 3.05) is 10.2 Å². The first-order valence-electron chi connectivity index (χ1n) is 8.41. The average molecular weight is 362 g/mol. The van der Waals surface area contributed by atoms with Gasteiger partial charge in [0.2, 0.25) is 0 Å². The van der Waals surface area contributed by atoms with Gasteiger partial charge in [-0.1, -0.05) is 54.1 Å². The first-order valence-corrected chi connectivity index (χ1v) is 9.29. The third kappa shape index (κ3) is 2.84. The molecule has 2 amide bonds. The minimum Gasteiger partial charge on any atom is -0.365 e. The molecule has 0 aromatic heterocycles. The molecule has 5 heteroatoms. The number of hydrogen-bond donors (Lipinski definition) is 1. The molecule has 3 aromatic carbocycles. The highest BCUT2D eigenvalue weighted by atomic mass is 32.2. The second-order valence-corrected chi connectivity index (χ2v) is 7.45. The number of carbonyl (C=O) groups is 2. The number of anilines is 2. The van der Waals surface area contributed by atoms with E-state index in [4.69, 9.17) is 0 Å².